The lowest BCUT2D eigenvalue weighted by Gasteiger charge is -2.04. The van der Waals surface area contributed by atoms with Gasteiger partial charge in [-0.15, -0.1) is 0 Å². The van der Waals surface area contributed by atoms with Crippen LogP contribution in [0.4, 0.5) is 5.69 Å². The molecule has 1 N–H and O–H groups in total. The molecular formula is C12H14N2O4S. The summed E-state index contributed by atoms with van der Waals surface area (Å²) < 4.78 is 32.5. The predicted octanol–water partition coefficient (Wildman–Crippen LogP) is 1.70. The molecule has 0 spiro atoms. The lowest BCUT2D eigenvalue weighted by atomic mass is 10.3. The second-order valence-electron chi connectivity index (χ2n) is 3.99. The quantitative estimate of drug-likeness (QED) is 0.899. The average Bonchev–Trinajstić information content (AvgIpc) is 2.84. The van der Waals surface area contributed by atoms with Gasteiger partial charge in [-0.1, -0.05) is 0 Å². The number of ether oxygens (including phenoxy) is 1. The lowest BCUT2D eigenvalue weighted by molar-refractivity contribution is 0.328. The van der Waals surface area contributed by atoms with E-state index in [1.165, 1.54) is 13.4 Å². The van der Waals surface area contributed by atoms with Crippen molar-refractivity contribution in [2.75, 3.05) is 18.7 Å². The van der Waals surface area contributed by atoms with Gasteiger partial charge in [0.25, 0.3) is 5.88 Å². The number of rotatable bonds is 5. The summed E-state index contributed by atoms with van der Waals surface area (Å²) in [6.07, 6.45) is 1.18. The van der Waals surface area contributed by atoms with Crippen molar-refractivity contribution >= 4 is 15.5 Å². The van der Waals surface area contributed by atoms with Gasteiger partial charge in [-0.05, 0) is 29.4 Å². The standard InChI is InChI=1S/C12H14N2O4S/c1-17-12-7-10(18-14-12)8-13-9-3-5-11(6-4-9)19(2,15)16/h3-7,13H,8H2,1-2H3. The third-order valence-corrected chi connectivity index (χ3v) is 3.62. The lowest BCUT2D eigenvalue weighted by Crippen LogP contribution is -2.00. The molecule has 0 atom stereocenters. The van der Waals surface area contributed by atoms with E-state index in [0.29, 0.717) is 23.1 Å². The molecule has 0 amide bonds. The Morgan fingerprint density at radius 2 is 2.00 bits per heavy atom. The Bertz CT molecular complexity index is 647. The maximum atomic E-state index is 11.3. The Morgan fingerprint density at radius 1 is 1.32 bits per heavy atom. The highest BCUT2D eigenvalue weighted by Gasteiger charge is 2.07. The van der Waals surface area contributed by atoms with Gasteiger partial charge in [-0.3, -0.25) is 0 Å². The van der Waals surface area contributed by atoms with Crippen molar-refractivity contribution in [2.45, 2.75) is 11.4 Å². The first-order valence-corrected chi connectivity index (χ1v) is 7.42. The van der Waals surface area contributed by atoms with Crippen molar-refractivity contribution in [2.24, 2.45) is 0 Å². The molecule has 6 nitrogen and oxygen atoms in total. The van der Waals surface area contributed by atoms with Gasteiger partial charge in [0.15, 0.2) is 15.6 Å². The molecule has 0 bridgehead atoms. The Balaban J connectivity index is 2.00. The summed E-state index contributed by atoms with van der Waals surface area (Å²) in [5.41, 5.74) is 0.794. The molecule has 0 radical (unpaired) electrons. The molecule has 0 fully saturated rings. The van der Waals surface area contributed by atoms with Crippen LogP contribution in [0.25, 0.3) is 0 Å². The van der Waals surface area contributed by atoms with Crippen LogP contribution in [0, 0.1) is 0 Å². The molecule has 0 aliphatic heterocycles. The fourth-order valence-corrected chi connectivity index (χ4v) is 2.11. The van der Waals surface area contributed by atoms with Crippen LogP contribution in [0.3, 0.4) is 0 Å². The van der Waals surface area contributed by atoms with E-state index >= 15 is 0 Å². The molecular weight excluding hydrogens is 268 g/mol. The number of anilines is 1. The maximum Gasteiger partial charge on any atom is 0.254 e. The second-order valence-corrected chi connectivity index (χ2v) is 6.00. The van der Waals surface area contributed by atoms with Crippen LogP contribution < -0.4 is 10.1 Å². The third-order valence-electron chi connectivity index (χ3n) is 2.50. The van der Waals surface area contributed by atoms with Crippen LogP contribution in [0.1, 0.15) is 5.76 Å². The van der Waals surface area contributed by atoms with E-state index in [2.05, 4.69) is 10.5 Å². The van der Waals surface area contributed by atoms with E-state index in [1.807, 2.05) is 0 Å². The van der Waals surface area contributed by atoms with E-state index in [9.17, 15) is 8.42 Å². The minimum atomic E-state index is -3.16. The summed E-state index contributed by atoms with van der Waals surface area (Å²) in [5, 5.41) is 6.77. The van der Waals surface area contributed by atoms with Crippen LogP contribution in [0.5, 0.6) is 5.88 Å². The first-order chi connectivity index (χ1) is 8.99. The highest BCUT2D eigenvalue weighted by molar-refractivity contribution is 7.90. The SMILES string of the molecule is COc1cc(CNc2ccc(S(C)(=O)=O)cc2)on1. The topological polar surface area (TPSA) is 81.4 Å². The molecule has 1 heterocycles. The van der Waals surface area contributed by atoms with Gasteiger partial charge in [0.1, 0.15) is 0 Å². The largest absolute Gasteiger partial charge is 0.479 e. The summed E-state index contributed by atoms with van der Waals surface area (Å²) in [7, 11) is -1.65. The number of hydrogen-bond donors (Lipinski definition) is 1. The molecule has 0 aliphatic rings. The summed E-state index contributed by atoms with van der Waals surface area (Å²) in [4.78, 5) is 0.291. The van der Waals surface area contributed by atoms with Crippen LogP contribution in [-0.2, 0) is 16.4 Å². The Morgan fingerprint density at radius 3 is 2.53 bits per heavy atom. The van der Waals surface area contributed by atoms with Crippen molar-refractivity contribution < 1.29 is 17.7 Å². The number of methoxy groups -OCH3 is 1. The summed E-state index contributed by atoms with van der Waals surface area (Å²) in [6.45, 7) is 0.439. The first kappa shape index (κ1) is 13.4. The van der Waals surface area contributed by atoms with Gasteiger partial charge in [0.2, 0.25) is 0 Å². The number of aromatic nitrogens is 1. The van der Waals surface area contributed by atoms with E-state index in [-0.39, 0.29) is 0 Å². The smallest absolute Gasteiger partial charge is 0.254 e. The summed E-state index contributed by atoms with van der Waals surface area (Å²) >= 11 is 0. The van der Waals surface area contributed by atoms with Crippen molar-refractivity contribution in [3.63, 3.8) is 0 Å². The highest BCUT2D eigenvalue weighted by Crippen LogP contribution is 2.16. The van der Waals surface area contributed by atoms with Crippen molar-refractivity contribution in [3.8, 4) is 5.88 Å². The van der Waals surface area contributed by atoms with Gasteiger partial charge < -0.3 is 14.6 Å². The molecule has 2 aromatic rings. The van der Waals surface area contributed by atoms with Gasteiger partial charge in [-0.25, -0.2) is 8.42 Å². The molecule has 0 saturated carbocycles. The fourth-order valence-electron chi connectivity index (χ4n) is 1.48. The van der Waals surface area contributed by atoms with Crippen LogP contribution in [-0.4, -0.2) is 26.9 Å². The van der Waals surface area contributed by atoms with Crippen molar-refractivity contribution in [1.29, 1.82) is 0 Å². The van der Waals surface area contributed by atoms with Gasteiger partial charge in [0.05, 0.1) is 18.6 Å². The molecule has 1 aromatic carbocycles. The zero-order valence-corrected chi connectivity index (χ0v) is 11.4. The molecule has 102 valence electrons. The Labute approximate surface area is 111 Å². The molecule has 7 heteroatoms. The van der Waals surface area contributed by atoms with E-state index < -0.39 is 9.84 Å². The molecule has 19 heavy (non-hydrogen) atoms. The summed E-state index contributed by atoms with van der Waals surface area (Å²) in [6, 6.07) is 8.18. The highest BCUT2D eigenvalue weighted by atomic mass is 32.2. The Kier molecular flexibility index (Phi) is 3.75. The van der Waals surface area contributed by atoms with Gasteiger partial charge in [-0.2, -0.15) is 0 Å². The molecule has 0 unspecified atom stereocenters. The molecule has 2 rings (SSSR count). The van der Waals surface area contributed by atoms with E-state index in [1.54, 1.807) is 30.3 Å². The van der Waals surface area contributed by atoms with Gasteiger partial charge in [0, 0.05) is 18.0 Å². The van der Waals surface area contributed by atoms with Crippen molar-refractivity contribution in [3.05, 3.63) is 36.1 Å². The van der Waals surface area contributed by atoms with E-state index in [4.69, 9.17) is 9.26 Å². The van der Waals surface area contributed by atoms with E-state index in [0.717, 1.165) is 5.69 Å². The monoisotopic (exact) mass is 282 g/mol. The average molecular weight is 282 g/mol. The first-order valence-electron chi connectivity index (χ1n) is 5.52. The normalized spacial score (nSPS) is 11.3. The number of nitrogens with one attached hydrogen (secondary N) is 1. The number of nitrogens with zero attached hydrogens (tertiary/aromatic N) is 1. The second kappa shape index (κ2) is 5.31. The Hall–Kier alpha value is -2.02. The number of sulfone groups is 1. The zero-order chi connectivity index (χ0) is 13.9. The van der Waals surface area contributed by atoms with Gasteiger partial charge >= 0.3 is 0 Å². The maximum absolute atomic E-state index is 11.3. The minimum Gasteiger partial charge on any atom is -0.479 e. The molecule has 1 aromatic heterocycles. The summed E-state index contributed by atoms with van der Waals surface area (Å²) in [5.74, 6) is 1.05. The van der Waals surface area contributed by atoms with Crippen molar-refractivity contribution in [1.82, 2.24) is 5.16 Å². The van der Waals surface area contributed by atoms with Crippen LogP contribution in [0.2, 0.25) is 0 Å². The predicted molar refractivity (Wildman–Crippen MR) is 69.9 cm³/mol. The van der Waals surface area contributed by atoms with Crippen LogP contribution >= 0.6 is 0 Å². The zero-order valence-electron chi connectivity index (χ0n) is 10.6. The third kappa shape index (κ3) is 3.47. The fraction of sp³-hybridized carbons (Fsp3) is 0.250. The molecule has 0 saturated heterocycles. The minimum absolute atomic E-state index is 0.291. The molecule has 0 aliphatic carbocycles. The number of benzene rings is 1. The van der Waals surface area contributed by atoms with Crippen LogP contribution in [0.15, 0.2) is 39.8 Å². The number of hydrogen-bond acceptors (Lipinski definition) is 6.